The number of benzene rings is 1. The highest BCUT2D eigenvalue weighted by Crippen LogP contribution is 2.61. The standard InChI is InChI=1S/C15H18N2O2/c1-17(2)15-9-5-8-14(15,13(16)19)12(18)10-6-3-4-7-11(10)15/h3-4,6-7H,5,8-9H2,1-2H3,(H2,16,19). The molecule has 2 atom stereocenters. The summed E-state index contributed by atoms with van der Waals surface area (Å²) in [5.41, 5.74) is 5.66. The number of fused-ring (bicyclic) bond motifs is 3. The highest BCUT2D eigenvalue weighted by atomic mass is 16.2. The average Bonchev–Trinajstić information content (AvgIpc) is 2.87. The number of primary amides is 1. The summed E-state index contributed by atoms with van der Waals surface area (Å²) < 4.78 is 0. The van der Waals surface area contributed by atoms with Crippen LogP contribution in [0, 0.1) is 5.41 Å². The van der Waals surface area contributed by atoms with Crippen LogP contribution >= 0.6 is 0 Å². The van der Waals surface area contributed by atoms with Crippen LogP contribution in [-0.4, -0.2) is 30.7 Å². The maximum absolute atomic E-state index is 12.8. The second-order valence-electron chi connectivity index (χ2n) is 5.75. The summed E-state index contributed by atoms with van der Waals surface area (Å²) in [5, 5.41) is 0. The van der Waals surface area contributed by atoms with E-state index in [1.165, 1.54) is 0 Å². The van der Waals surface area contributed by atoms with E-state index in [2.05, 4.69) is 0 Å². The van der Waals surface area contributed by atoms with E-state index in [0.29, 0.717) is 12.0 Å². The molecule has 0 bridgehead atoms. The molecular weight excluding hydrogens is 240 g/mol. The maximum Gasteiger partial charge on any atom is 0.233 e. The van der Waals surface area contributed by atoms with Crippen LogP contribution in [0.25, 0.3) is 0 Å². The third-order valence-electron chi connectivity index (χ3n) is 4.99. The van der Waals surface area contributed by atoms with Gasteiger partial charge < -0.3 is 5.73 Å². The molecule has 1 aromatic rings. The van der Waals surface area contributed by atoms with Crippen molar-refractivity contribution in [3.05, 3.63) is 35.4 Å². The lowest BCUT2D eigenvalue weighted by atomic mass is 9.70. The van der Waals surface area contributed by atoms with E-state index in [9.17, 15) is 9.59 Å². The minimum absolute atomic E-state index is 0.0956. The minimum Gasteiger partial charge on any atom is -0.369 e. The quantitative estimate of drug-likeness (QED) is 0.813. The normalized spacial score (nSPS) is 32.5. The molecule has 2 N–H and O–H groups in total. The Bertz CT molecular complexity index is 581. The summed E-state index contributed by atoms with van der Waals surface area (Å²) in [6, 6.07) is 7.54. The van der Waals surface area contributed by atoms with Crippen LogP contribution in [0.15, 0.2) is 24.3 Å². The van der Waals surface area contributed by atoms with E-state index in [4.69, 9.17) is 5.73 Å². The van der Waals surface area contributed by atoms with Gasteiger partial charge in [-0.2, -0.15) is 0 Å². The second kappa shape index (κ2) is 3.67. The molecule has 2 aliphatic rings. The van der Waals surface area contributed by atoms with E-state index < -0.39 is 16.9 Å². The van der Waals surface area contributed by atoms with Gasteiger partial charge in [0, 0.05) is 5.56 Å². The van der Waals surface area contributed by atoms with Crippen LogP contribution < -0.4 is 5.73 Å². The number of carbonyl (C=O) groups is 2. The lowest BCUT2D eigenvalue weighted by molar-refractivity contribution is -0.130. The molecule has 1 amide bonds. The summed E-state index contributed by atoms with van der Waals surface area (Å²) in [5.74, 6) is -0.582. The van der Waals surface area contributed by atoms with Crippen molar-refractivity contribution in [2.24, 2.45) is 11.1 Å². The molecule has 0 radical (unpaired) electrons. The lowest BCUT2D eigenvalue weighted by Gasteiger charge is -2.43. The third kappa shape index (κ3) is 1.13. The van der Waals surface area contributed by atoms with E-state index >= 15 is 0 Å². The number of nitrogens with two attached hydrogens (primary N) is 1. The Kier molecular flexibility index (Phi) is 2.39. The van der Waals surface area contributed by atoms with E-state index in [1.54, 1.807) is 0 Å². The van der Waals surface area contributed by atoms with Gasteiger partial charge in [0.25, 0.3) is 0 Å². The minimum atomic E-state index is -1.08. The molecule has 100 valence electrons. The summed E-state index contributed by atoms with van der Waals surface area (Å²) >= 11 is 0. The number of rotatable bonds is 2. The highest BCUT2D eigenvalue weighted by Gasteiger charge is 2.69. The Balaban J connectivity index is 2.38. The topological polar surface area (TPSA) is 63.4 Å². The molecule has 4 heteroatoms. The number of ketones is 1. The summed E-state index contributed by atoms with van der Waals surface area (Å²) in [7, 11) is 3.86. The average molecular weight is 258 g/mol. The first-order chi connectivity index (χ1) is 8.98. The van der Waals surface area contributed by atoms with Crippen molar-refractivity contribution in [1.29, 1.82) is 0 Å². The molecule has 1 saturated carbocycles. The fraction of sp³-hybridized carbons (Fsp3) is 0.467. The van der Waals surface area contributed by atoms with Gasteiger partial charge in [-0.05, 0) is 38.9 Å². The molecule has 0 saturated heterocycles. The Morgan fingerprint density at radius 1 is 1.26 bits per heavy atom. The Morgan fingerprint density at radius 2 is 1.95 bits per heavy atom. The van der Waals surface area contributed by atoms with Gasteiger partial charge in [-0.3, -0.25) is 14.5 Å². The molecule has 0 aliphatic heterocycles. The van der Waals surface area contributed by atoms with Gasteiger partial charge >= 0.3 is 0 Å². The van der Waals surface area contributed by atoms with Crippen LogP contribution in [0.5, 0.6) is 0 Å². The van der Waals surface area contributed by atoms with E-state index in [1.807, 2.05) is 43.3 Å². The van der Waals surface area contributed by atoms with Crippen molar-refractivity contribution in [3.8, 4) is 0 Å². The maximum atomic E-state index is 12.8. The molecule has 3 rings (SSSR count). The van der Waals surface area contributed by atoms with Gasteiger partial charge in [-0.25, -0.2) is 0 Å². The monoisotopic (exact) mass is 258 g/mol. The zero-order chi connectivity index (χ0) is 13.8. The zero-order valence-electron chi connectivity index (χ0n) is 11.3. The van der Waals surface area contributed by atoms with E-state index in [0.717, 1.165) is 18.4 Å². The van der Waals surface area contributed by atoms with Gasteiger partial charge in [0.05, 0.1) is 5.54 Å². The highest BCUT2D eigenvalue weighted by molar-refractivity contribution is 6.19. The first-order valence-electron chi connectivity index (χ1n) is 6.60. The number of hydrogen-bond donors (Lipinski definition) is 1. The van der Waals surface area contributed by atoms with Gasteiger partial charge in [-0.1, -0.05) is 24.3 Å². The molecule has 0 heterocycles. The number of Topliss-reactive ketones (excluding diaryl/α,β-unsaturated/α-hetero) is 1. The zero-order valence-corrected chi connectivity index (χ0v) is 11.3. The van der Waals surface area contributed by atoms with Crippen LogP contribution in [0.2, 0.25) is 0 Å². The van der Waals surface area contributed by atoms with Gasteiger partial charge in [0.15, 0.2) is 5.78 Å². The fourth-order valence-electron chi connectivity index (χ4n) is 4.25. The third-order valence-corrected chi connectivity index (χ3v) is 4.99. The number of carbonyl (C=O) groups excluding carboxylic acids is 2. The molecule has 4 nitrogen and oxygen atoms in total. The van der Waals surface area contributed by atoms with Crippen LogP contribution in [0.4, 0.5) is 0 Å². The van der Waals surface area contributed by atoms with Crippen molar-refractivity contribution < 1.29 is 9.59 Å². The molecule has 2 aliphatic carbocycles. The van der Waals surface area contributed by atoms with Crippen molar-refractivity contribution in [3.63, 3.8) is 0 Å². The van der Waals surface area contributed by atoms with Crippen LogP contribution in [0.1, 0.15) is 35.2 Å². The van der Waals surface area contributed by atoms with Crippen LogP contribution in [-0.2, 0) is 10.3 Å². The molecule has 1 fully saturated rings. The molecular formula is C15H18N2O2. The number of hydrogen-bond acceptors (Lipinski definition) is 3. The van der Waals surface area contributed by atoms with E-state index in [-0.39, 0.29) is 5.78 Å². The molecule has 0 aromatic heterocycles. The first-order valence-corrected chi connectivity index (χ1v) is 6.60. The molecule has 1 aromatic carbocycles. The lowest BCUT2D eigenvalue weighted by Crippen LogP contribution is -2.57. The van der Waals surface area contributed by atoms with Crippen molar-refractivity contribution in [1.82, 2.24) is 4.90 Å². The van der Waals surface area contributed by atoms with Crippen molar-refractivity contribution in [2.75, 3.05) is 14.1 Å². The Hall–Kier alpha value is -1.68. The van der Waals surface area contributed by atoms with Gasteiger partial charge in [0.2, 0.25) is 5.91 Å². The van der Waals surface area contributed by atoms with Crippen molar-refractivity contribution in [2.45, 2.75) is 24.8 Å². The van der Waals surface area contributed by atoms with Gasteiger partial charge in [-0.15, -0.1) is 0 Å². The van der Waals surface area contributed by atoms with Gasteiger partial charge in [0.1, 0.15) is 5.41 Å². The first kappa shape index (κ1) is 12.4. The summed E-state index contributed by atoms with van der Waals surface area (Å²) in [4.78, 5) is 27.0. The molecule has 2 unspecified atom stereocenters. The van der Waals surface area contributed by atoms with Crippen LogP contribution in [0.3, 0.4) is 0 Å². The predicted molar refractivity (Wildman–Crippen MR) is 71.6 cm³/mol. The molecule has 0 spiro atoms. The summed E-state index contributed by atoms with van der Waals surface area (Å²) in [6.07, 6.45) is 2.20. The number of nitrogens with zero attached hydrogens (tertiary/aromatic N) is 1. The summed E-state index contributed by atoms with van der Waals surface area (Å²) in [6.45, 7) is 0. The Labute approximate surface area is 112 Å². The molecule has 19 heavy (non-hydrogen) atoms. The number of amides is 1. The largest absolute Gasteiger partial charge is 0.369 e. The SMILES string of the molecule is CN(C)C12CCCC1(C(N)=O)C(=O)c1ccccc12. The Morgan fingerprint density at radius 3 is 2.58 bits per heavy atom. The fourth-order valence-corrected chi connectivity index (χ4v) is 4.25. The van der Waals surface area contributed by atoms with Crippen molar-refractivity contribution >= 4 is 11.7 Å². The second-order valence-corrected chi connectivity index (χ2v) is 5.75. The predicted octanol–water partition coefficient (Wildman–Crippen LogP) is 1.30. The smallest absolute Gasteiger partial charge is 0.233 e.